The summed E-state index contributed by atoms with van der Waals surface area (Å²) >= 11 is 5.96. The Morgan fingerprint density at radius 1 is 1.29 bits per heavy atom. The molecule has 0 unspecified atom stereocenters. The van der Waals surface area contributed by atoms with Gasteiger partial charge in [0, 0.05) is 11.2 Å². The van der Waals surface area contributed by atoms with Gasteiger partial charge >= 0.3 is 0 Å². The molecule has 1 atom stereocenters. The number of nitrogens with one attached hydrogen (secondary N) is 1. The Bertz CT molecular complexity index is 658. The van der Waals surface area contributed by atoms with Gasteiger partial charge in [0.15, 0.2) is 6.10 Å². The highest BCUT2D eigenvalue weighted by molar-refractivity contribution is 6.31. The van der Waals surface area contributed by atoms with E-state index >= 15 is 0 Å². The smallest absolute Gasteiger partial charge is 0.266 e. The van der Waals surface area contributed by atoms with Crippen molar-refractivity contribution >= 4 is 23.3 Å². The lowest BCUT2D eigenvalue weighted by Crippen LogP contribution is -2.30. The van der Waals surface area contributed by atoms with Gasteiger partial charge < -0.3 is 10.1 Å². The Morgan fingerprint density at radius 2 is 2.05 bits per heavy atom. The number of carbonyl (C=O) groups excluding carboxylic acids is 1. The molecule has 0 bridgehead atoms. The number of aromatic nitrogens is 1. The number of nitrogens with zero attached hydrogens (tertiary/aromatic N) is 1. The molecule has 5 heteroatoms. The van der Waals surface area contributed by atoms with Crippen molar-refractivity contribution < 1.29 is 9.53 Å². The van der Waals surface area contributed by atoms with Gasteiger partial charge in [0.05, 0.1) is 0 Å². The third kappa shape index (κ3) is 3.95. The third-order valence-corrected chi connectivity index (χ3v) is 3.49. The Hall–Kier alpha value is -2.07. The van der Waals surface area contributed by atoms with Crippen molar-refractivity contribution in [2.75, 3.05) is 5.32 Å². The van der Waals surface area contributed by atoms with E-state index in [9.17, 15) is 4.79 Å². The second kappa shape index (κ2) is 6.59. The maximum atomic E-state index is 12.1. The summed E-state index contributed by atoms with van der Waals surface area (Å²) in [7, 11) is 0. The molecule has 0 spiro atoms. The van der Waals surface area contributed by atoms with Crippen molar-refractivity contribution in [2.45, 2.75) is 26.9 Å². The number of halogens is 1. The van der Waals surface area contributed by atoms with Crippen LogP contribution in [-0.4, -0.2) is 17.0 Å². The molecular formula is C16H17ClN2O2. The lowest BCUT2D eigenvalue weighted by molar-refractivity contribution is -0.122. The zero-order valence-electron chi connectivity index (χ0n) is 12.2. The monoisotopic (exact) mass is 304 g/mol. The predicted molar refractivity (Wildman–Crippen MR) is 83.9 cm³/mol. The minimum Gasteiger partial charge on any atom is -0.481 e. The average molecular weight is 305 g/mol. The van der Waals surface area contributed by atoms with Crippen LogP contribution in [0.1, 0.15) is 18.1 Å². The number of rotatable bonds is 4. The fraction of sp³-hybridized carbons (Fsp3) is 0.250. The first-order chi connectivity index (χ1) is 9.97. The van der Waals surface area contributed by atoms with E-state index in [-0.39, 0.29) is 5.91 Å². The molecule has 1 heterocycles. The Labute approximate surface area is 129 Å². The van der Waals surface area contributed by atoms with Gasteiger partial charge in [-0.25, -0.2) is 4.98 Å². The topological polar surface area (TPSA) is 51.2 Å². The Kier molecular flexibility index (Phi) is 4.81. The fourth-order valence-electron chi connectivity index (χ4n) is 1.78. The molecule has 1 aromatic carbocycles. The van der Waals surface area contributed by atoms with E-state index in [1.54, 1.807) is 31.3 Å². The number of pyridine rings is 1. The molecule has 0 radical (unpaired) electrons. The Morgan fingerprint density at radius 3 is 2.71 bits per heavy atom. The summed E-state index contributed by atoms with van der Waals surface area (Å²) in [5.74, 6) is 0.909. The SMILES string of the molecule is Cc1cc(O[C@@H](C)C(=O)Nc2ncccc2C)ccc1Cl. The van der Waals surface area contributed by atoms with E-state index in [0.29, 0.717) is 16.6 Å². The van der Waals surface area contributed by atoms with Gasteiger partial charge in [-0.05, 0) is 56.2 Å². The molecular weight excluding hydrogens is 288 g/mol. The van der Waals surface area contributed by atoms with Crippen LogP contribution in [0.15, 0.2) is 36.5 Å². The lowest BCUT2D eigenvalue weighted by Gasteiger charge is -2.15. The number of amides is 1. The van der Waals surface area contributed by atoms with E-state index in [0.717, 1.165) is 11.1 Å². The largest absolute Gasteiger partial charge is 0.481 e. The number of anilines is 1. The first-order valence-electron chi connectivity index (χ1n) is 6.62. The number of ether oxygens (including phenoxy) is 1. The van der Waals surface area contributed by atoms with Crippen molar-refractivity contribution in [3.05, 3.63) is 52.7 Å². The standard InChI is InChI=1S/C16H17ClN2O2/c1-10-5-4-8-18-15(10)19-16(20)12(3)21-13-6-7-14(17)11(2)9-13/h4-9,12H,1-3H3,(H,18,19,20)/t12-/m0/s1. The maximum Gasteiger partial charge on any atom is 0.266 e. The lowest BCUT2D eigenvalue weighted by atomic mass is 10.2. The van der Waals surface area contributed by atoms with Gasteiger partial charge in [0.2, 0.25) is 0 Å². The van der Waals surface area contributed by atoms with Crippen LogP contribution in [-0.2, 0) is 4.79 Å². The predicted octanol–water partition coefficient (Wildman–Crippen LogP) is 3.76. The van der Waals surface area contributed by atoms with Crippen LogP contribution in [0, 0.1) is 13.8 Å². The molecule has 0 saturated carbocycles. The van der Waals surface area contributed by atoms with Gasteiger partial charge in [-0.1, -0.05) is 17.7 Å². The second-order valence-corrected chi connectivity index (χ2v) is 5.24. The minimum atomic E-state index is -0.632. The molecule has 1 amide bonds. The molecule has 0 fully saturated rings. The number of aryl methyl sites for hydroxylation is 2. The van der Waals surface area contributed by atoms with Crippen LogP contribution in [0.4, 0.5) is 5.82 Å². The van der Waals surface area contributed by atoms with Gasteiger partial charge in [-0.3, -0.25) is 4.79 Å². The number of hydrogen-bond donors (Lipinski definition) is 1. The summed E-state index contributed by atoms with van der Waals surface area (Å²) in [6, 6.07) is 9.00. The molecule has 1 aromatic heterocycles. The van der Waals surface area contributed by atoms with Gasteiger partial charge in [-0.15, -0.1) is 0 Å². The van der Waals surface area contributed by atoms with E-state index in [2.05, 4.69) is 10.3 Å². The molecule has 2 aromatic rings. The van der Waals surface area contributed by atoms with Gasteiger partial charge in [-0.2, -0.15) is 0 Å². The Balaban J connectivity index is 2.02. The summed E-state index contributed by atoms with van der Waals surface area (Å²) in [5, 5.41) is 3.43. The number of benzene rings is 1. The van der Waals surface area contributed by atoms with E-state index in [1.807, 2.05) is 26.0 Å². The highest BCUT2D eigenvalue weighted by atomic mass is 35.5. The molecule has 4 nitrogen and oxygen atoms in total. The number of hydrogen-bond acceptors (Lipinski definition) is 3. The van der Waals surface area contributed by atoms with Crippen molar-refractivity contribution in [1.82, 2.24) is 4.98 Å². The zero-order chi connectivity index (χ0) is 15.4. The van der Waals surface area contributed by atoms with Crippen molar-refractivity contribution in [1.29, 1.82) is 0 Å². The first-order valence-corrected chi connectivity index (χ1v) is 7.00. The van der Waals surface area contributed by atoms with Gasteiger partial charge in [0.25, 0.3) is 5.91 Å². The van der Waals surface area contributed by atoms with Crippen LogP contribution < -0.4 is 10.1 Å². The van der Waals surface area contributed by atoms with Crippen LogP contribution in [0.2, 0.25) is 5.02 Å². The quantitative estimate of drug-likeness (QED) is 0.935. The van der Waals surface area contributed by atoms with Crippen molar-refractivity contribution in [3.63, 3.8) is 0 Å². The zero-order valence-corrected chi connectivity index (χ0v) is 12.9. The molecule has 0 saturated heterocycles. The van der Waals surface area contributed by atoms with E-state index < -0.39 is 6.10 Å². The van der Waals surface area contributed by atoms with E-state index in [4.69, 9.17) is 16.3 Å². The summed E-state index contributed by atoms with van der Waals surface area (Å²) in [5.41, 5.74) is 1.81. The van der Waals surface area contributed by atoms with Gasteiger partial charge in [0.1, 0.15) is 11.6 Å². The molecule has 2 rings (SSSR count). The van der Waals surface area contributed by atoms with Crippen molar-refractivity contribution in [3.8, 4) is 5.75 Å². The van der Waals surface area contributed by atoms with Crippen LogP contribution in [0.5, 0.6) is 5.75 Å². The third-order valence-electron chi connectivity index (χ3n) is 3.06. The highest BCUT2D eigenvalue weighted by Crippen LogP contribution is 2.22. The van der Waals surface area contributed by atoms with Crippen LogP contribution >= 0.6 is 11.6 Å². The molecule has 0 aliphatic carbocycles. The molecule has 0 aliphatic heterocycles. The fourth-order valence-corrected chi connectivity index (χ4v) is 1.90. The van der Waals surface area contributed by atoms with E-state index in [1.165, 1.54) is 0 Å². The molecule has 1 N–H and O–H groups in total. The number of carbonyl (C=O) groups is 1. The minimum absolute atomic E-state index is 0.246. The highest BCUT2D eigenvalue weighted by Gasteiger charge is 2.16. The van der Waals surface area contributed by atoms with Crippen molar-refractivity contribution in [2.24, 2.45) is 0 Å². The second-order valence-electron chi connectivity index (χ2n) is 4.83. The summed E-state index contributed by atoms with van der Waals surface area (Å²) < 4.78 is 5.63. The van der Waals surface area contributed by atoms with Crippen LogP contribution in [0.25, 0.3) is 0 Å². The maximum absolute atomic E-state index is 12.1. The normalized spacial score (nSPS) is 11.8. The molecule has 21 heavy (non-hydrogen) atoms. The summed E-state index contributed by atoms with van der Waals surface area (Å²) in [6.45, 7) is 5.46. The summed E-state index contributed by atoms with van der Waals surface area (Å²) in [6.07, 6.45) is 1.00. The first kappa shape index (κ1) is 15.3. The molecule has 0 aliphatic rings. The average Bonchev–Trinajstić information content (AvgIpc) is 2.45. The molecule has 110 valence electrons. The summed E-state index contributed by atoms with van der Waals surface area (Å²) in [4.78, 5) is 16.2. The van der Waals surface area contributed by atoms with Crippen LogP contribution in [0.3, 0.4) is 0 Å².